The summed E-state index contributed by atoms with van der Waals surface area (Å²) in [5, 5.41) is 14.2. The highest BCUT2D eigenvalue weighted by molar-refractivity contribution is 7.10. The lowest BCUT2D eigenvalue weighted by molar-refractivity contribution is -0.138. The first-order valence-corrected chi connectivity index (χ1v) is 14.6. The Labute approximate surface area is 246 Å². The molecule has 3 amide bonds. The van der Waals surface area contributed by atoms with Crippen LogP contribution in [0.25, 0.3) is 0 Å². The van der Waals surface area contributed by atoms with Crippen molar-refractivity contribution in [2.45, 2.75) is 52.1 Å². The van der Waals surface area contributed by atoms with Crippen LogP contribution in [0.1, 0.15) is 48.6 Å². The number of nitrogens with two attached hydrogens (primary N) is 1. The number of nitrogens with zero attached hydrogens (tertiary/aromatic N) is 1. The summed E-state index contributed by atoms with van der Waals surface area (Å²) >= 11 is 1.42. The summed E-state index contributed by atoms with van der Waals surface area (Å²) in [6.45, 7) is 5.84. The maximum atomic E-state index is 12.3. The highest BCUT2D eigenvalue weighted by atomic mass is 32.1. The Morgan fingerprint density at radius 2 is 1.83 bits per heavy atom. The number of rotatable bonds is 11. The van der Waals surface area contributed by atoms with E-state index in [2.05, 4.69) is 36.6 Å². The number of hydrogen-bond acceptors (Lipinski definition) is 6. The van der Waals surface area contributed by atoms with Crippen molar-refractivity contribution in [1.29, 1.82) is 5.41 Å². The van der Waals surface area contributed by atoms with Crippen LogP contribution in [-0.4, -0.2) is 54.7 Å². The zero-order valence-corrected chi connectivity index (χ0v) is 24.6. The number of amidine groups is 1. The van der Waals surface area contributed by atoms with Crippen molar-refractivity contribution in [3.8, 4) is 5.75 Å². The Bertz CT molecular complexity index is 1200. The summed E-state index contributed by atoms with van der Waals surface area (Å²) in [4.78, 5) is 36.9. The van der Waals surface area contributed by atoms with E-state index in [1.807, 2.05) is 48.5 Å². The van der Waals surface area contributed by atoms with E-state index in [1.165, 1.54) is 28.2 Å². The highest BCUT2D eigenvalue weighted by Gasteiger charge is 2.33. The van der Waals surface area contributed by atoms with Gasteiger partial charge >= 0.3 is 0 Å². The number of unbranched alkanes of at least 4 members (excludes halogenated alkanes) is 1. The van der Waals surface area contributed by atoms with Gasteiger partial charge in [-0.25, -0.2) is 0 Å². The normalized spacial score (nSPS) is 13.5. The van der Waals surface area contributed by atoms with Crippen LogP contribution in [0.3, 0.4) is 0 Å². The van der Waals surface area contributed by atoms with Crippen LogP contribution >= 0.6 is 11.3 Å². The molecule has 0 spiro atoms. The average Bonchev–Trinajstić information content (AvgIpc) is 3.67. The van der Waals surface area contributed by atoms with Crippen molar-refractivity contribution >= 4 is 35.4 Å². The Hall–Kier alpha value is -4.18. The van der Waals surface area contributed by atoms with Crippen LogP contribution in [0.2, 0.25) is 0 Å². The molecule has 0 saturated carbocycles. The van der Waals surface area contributed by atoms with Crippen molar-refractivity contribution in [3.05, 3.63) is 88.1 Å². The van der Waals surface area contributed by atoms with Gasteiger partial charge in [0.2, 0.25) is 18.2 Å². The molecule has 1 atom stereocenters. The van der Waals surface area contributed by atoms with Crippen LogP contribution < -0.4 is 21.1 Å². The van der Waals surface area contributed by atoms with Gasteiger partial charge in [0.15, 0.2) is 0 Å². The second kappa shape index (κ2) is 19.0. The zero-order valence-electron chi connectivity index (χ0n) is 23.8. The molecule has 10 heteroatoms. The predicted octanol–water partition coefficient (Wildman–Crippen LogP) is 4.25. The summed E-state index contributed by atoms with van der Waals surface area (Å²) in [7, 11) is 0. The number of ether oxygens (including phenoxy) is 1. The smallest absolute Gasteiger partial charge is 0.243 e. The number of nitrogen functional groups attached to an aromatic ring is 1. The van der Waals surface area contributed by atoms with Crippen molar-refractivity contribution < 1.29 is 19.1 Å². The monoisotopic (exact) mass is 579 g/mol. The fraction of sp³-hybridized carbons (Fsp3) is 0.355. The highest BCUT2D eigenvalue weighted by Crippen LogP contribution is 2.18. The molecule has 1 aliphatic heterocycles. The quantitative estimate of drug-likeness (QED) is 0.117. The molecule has 0 bridgehead atoms. The van der Waals surface area contributed by atoms with Crippen LogP contribution in [0.15, 0.2) is 72.1 Å². The van der Waals surface area contributed by atoms with E-state index < -0.39 is 6.04 Å². The molecule has 2 heterocycles. The molecule has 0 radical (unpaired) electrons. The van der Waals surface area contributed by atoms with Crippen LogP contribution in [-0.2, 0) is 20.9 Å². The first-order valence-electron chi connectivity index (χ1n) is 13.7. The van der Waals surface area contributed by atoms with Crippen LogP contribution in [0.4, 0.5) is 0 Å². The number of hydrogen-bond donors (Lipinski definition) is 4. The molecule has 41 heavy (non-hydrogen) atoms. The van der Waals surface area contributed by atoms with Gasteiger partial charge in [0.1, 0.15) is 17.6 Å². The largest absolute Gasteiger partial charge is 0.494 e. The molecule has 9 nitrogen and oxygen atoms in total. The molecule has 3 aromatic rings. The van der Waals surface area contributed by atoms with Gasteiger partial charge in [-0.2, -0.15) is 0 Å². The van der Waals surface area contributed by atoms with Crippen molar-refractivity contribution in [1.82, 2.24) is 15.5 Å². The van der Waals surface area contributed by atoms with E-state index in [0.29, 0.717) is 31.5 Å². The Morgan fingerprint density at radius 1 is 1.15 bits per heavy atom. The lowest BCUT2D eigenvalue weighted by atomic mass is 10.2. The number of aryl methyl sites for hydroxylation is 1. The lowest BCUT2D eigenvalue weighted by Gasteiger charge is -2.23. The SMILES string of the molecule is CCCCOc1ccccc1.Cc1ccccc1.N=C(N)c1csc(CNC(=O)C2CCCN2C(=O)CNC=O)c1. The Morgan fingerprint density at radius 3 is 2.39 bits per heavy atom. The predicted molar refractivity (Wildman–Crippen MR) is 164 cm³/mol. The lowest BCUT2D eigenvalue weighted by Crippen LogP contribution is -2.48. The number of amides is 3. The fourth-order valence-corrected chi connectivity index (χ4v) is 4.68. The molecule has 1 fully saturated rings. The molecular formula is C31H41N5O4S. The summed E-state index contributed by atoms with van der Waals surface area (Å²) < 4.78 is 5.45. The van der Waals surface area contributed by atoms with Gasteiger partial charge in [0.25, 0.3) is 0 Å². The van der Waals surface area contributed by atoms with E-state index in [4.69, 9.17) is 15.9 Å². The fourth-order valence-electron chi connectivity index (χ4n) is 3.86. The van der Waals surface area contributed by atoms with Crippen molar-refractivity contribution in [2.24, 2.45) is 5.73 Å². The number of para-hydroxylation sites is 1. The van der Waals surface area contributed by atoms with Crippen LogP contribution in [0.5, 0.6) is 5.75 Å². The number of nitrogens with one attached hydrogen (secondary N) is 3. The average molecular weight is 580 g/mol. The van der Waals surface area contributed by atoms with Gasteiger partial charge in [-0.3, -0.25) is 19.8 Å². The van der Waals surface area contributed by atoms with E-state index in [1.54, 1.807) is 11.4 Å². The molecule has 2 aromatic carbocycles. The minimum Gasteiger partial charge on any atom is -0.494 e. The van der Waals surface area contributed by atoms with Gasteiger partial charge < -0.3 is 26.0 Å². The molecule has 220 valence electrons. The zero-order chi connectivity index (χ0) is 29.9. The number of carbonyl (C=O) groups is 3. The molecule has 5 N–H and O–H groups in total. The second-order valence-corrected chi connectivity index (χ2v) is 10.3. The van der Waals surface area contributed by atoms with E-state index >= 15 is 0 Å². The molecular weight excluding hydrogens is 538 g/mol. The second-order valence-electron chi connectivity index (χ2n) is 9.35. The third-order valence-electron chi connectivity index (χ3n) is 6.06. The number of thiophene rings is 1. The maximum Gasteiger partial charge on any atom is 0.243 e. The summed E-state index contributed by atoms with van der Waals surface area (Å²) in [6, 6.07) is 21.5. The minimum atomic E-state index is -0.497. The maximum absolute atomic E-state index is 12.3. The molecule has 1 unspecified atom stereocenters. The van der Waals surface area contributed by atoms with Gasteiger partial charge in [-0.05, 0) is 44.4 Å². The Kier molecular flexibility index (Phi) is 15.3. The third kappa shape index (κ3) is 12.7. The van der Waals surface area contributed by atoms with Gasteiger partial charge in [-0.15, -0.1) is 11.3 Å². The van der Waals surface area contributed by atoms with Gasteiger partial charge in [-0.1, -0.05) is 67.4 Å². The minimum absolute atomic E-state index is 0.00549. The topological polar surface area (TPSA) is 138 Å². The standard InChI is InChI=1S/C14H19N5O3S.C10H14O.C7H8/c15-13(16)9-4-10(23-7-9)5-18-14(22)11-2-1-3-19(11)12(21)6-17-8-20;1-2-3-9-11-10-7-5-4-6-8-10;1-7-5-3-2-4-6-7/h4,7-8,11H,1-3,5-6H2,(H3,15,16)(H,17,20)(H,18,22);4-8H,2-3,9H2,1H3;2-6H,1H3. The number of likely N-dealkylation sites (tertiary alicyclic amines) is 1. The van der Waals surface area contributed by atoms with E-state index in [-0.39, 0.29) is 24.2 Å². The van der Waals surface area contributed by atoms with Gasteiger partial charge in [0.05, 0.1) is 19.7 Å². The van der Waals surface area contributed by atoms with E-state index in [0.717, 1.165) is 30.1 Å². The van der Waals surface area contributed by atoms with Crippen LogP contribution in [0, 0.1) is 12.3 Å². The Balaban J connectivity index is 0.000000267. The first-order chi connectivity index (χ1) is 19.8. The molecule has 1 aliphatic rings. The molecule has 0 aliphatic carbocycles. The number of benzene rings is 2. The molecule has 4 rings (SSSR count). The summed E-state index contributed by atoms with van der Waals surface area (Å²) in [5.74, 6) is 0.500. The molecule has 1 aromatic heterocycles. The van der Waals surface area contributed by atoms with E-state index in [9.17, 15) is 14.4 Å². The molecule has 1 saturated heterocycles. The third-order valence-corrected chi connectivity index (χ3v) is 7.00. The van der Waals surface area contributed by atoms with Crippen molar-refractivity contribution in [3.63, 3.8) is 0 Å². The summed E-state index contributed by atoms with van der Waals surface area (Å²) in [5.41, 5.74) is 7.36. The van der Waals surface area contributed by atoms with Gasteiger partial charge in [0, 0.05) is 22.4 Å². The van der Waals surface area contributed by atoms with Crippen molar-refractivity contribution in [2.75, 3.05) is 19.7 Å². The first kappa shape index (κ1) is 33.0. The number of carbonyl (C=O) groups excluding carboxylic acids is 3. The summed E-state index contributed by atoms with van der Waals surface area (Å²) in [6.07, 6.45) is 4.16.